The number of benzene rings is 2. The van der Waals surface area contributed by atoms with Crippen LogP contribution in [0.4, 0.5) is 5.69 Å². The standard InChI is InChI=1S/C14H12N4O4S3/c15-24(19,20)10-4-5-12-9(8-10)6-7-18(12)25(21,22)13-3-1-2-11-14(13)17-23-16-11/h1-5,8H,6-7H2,(H2,15,19,20). The number of nitrogens with zero attached hydrogens (tertiary/aromatic N) is 3. The normalized spacial score (nSPS) is 14.8. The van der Waals surface area contributed by atoms with Gasteiger partial charge in [0.25, 0.3) is 10.0 Å². The molecule has 3 aromatic rings. The molecule has 1 aliphatic heterocycles. The Bertz CT molecular complexity index is 1200. The van der Waals surface area contributed by atoms with Crippen molar-refractivity contribution in [3.8, 4) is 0 Å². The van der Waals surface area contributed by atoms with Crippen molar-refractivity contribution < 1.29 is 16.8 Å². The fourth-order valence-corrected chi connectivity index (χ4v) is 5.71. The van der Waals surface area contributed by atoms with Crippen LogP contribution in [0.3, 0.4) is 0 Å². The summed E-state index contributed by atoms with van der Waals surface area (Å²) in [5.74, 6) is 0. The molecule has 0 atom stereocenters. The van der Waals surface area contributed by atoms with Crippen molar-refractivity contribution in [2.75, 3.05) is 10.8 Å². The molecule has 11 heteroatoms. The number of fused-ring (bicyclic) bond motifs is 2. The van der Waals surface area contributed by atoms with Crippen LogP contribution in [0.1, 0.15) is 5.56 Å². The molecule has 0 amide bonds. The molecule has 0 unspecified atom stereocenters. The van der Waals surface area contributed by atoms with E-state index in [0.717, 1.165) is 11.7 Å². The molecule has 25 heavy (non-hydrogen) atoms. The molecular formula is C14H12N4O4S3. The lowest BCUT2D eigenvalue weighted by Crippen LogP contribution is -2.29. The summed E-state index contributed by atoms with van der Waals surface area (Å²) < 4.78 is 58.6. The second-order valence-corrected chi connectivity index (χ2v) is 9.47. The first-order valence-electron chi connectivity index (χ1n) is 7.18. The smallest absolute Gasteiger partial charge is 0.266 e. The second-order valence-electron chi connectivity index (χ2n) is 5.55. The van der Waals surface area contributed by atoms with E-state index < -0.39 is 20.0 Å². The van der Waals surface area contributed by atoms with E-state index >= 15 is 0 Å². The third-order valence-corrected chi connectivity index (χ3v) is 7.35. The molecule has 4 rings (SSSR count). The summed E-state index contributed by atoms with van der Waals surface area (Å²) in [6.07, 6.45) is 0.406. The zero-order valence-corrected chi connectivity index (χ0v) is 15.1. The molecule has 0 radical (unpaired) electrons. The molecule has 1 aliphatic rings. The van der Waals surface area contributed by atoms with Gasteiger partial charge in [0.15, 0.2) is 0 Å². The van der Waals surface area contributed by atoms with Crippen LogP contribution >= 0.6 is 11.7 Å². The summed E-state index contributed by atoms with van der Waals surface area (Å²) >= 11 is 0.952. The minimum Gasteiger partial charge on any atom is -0.266 e. The fraction of sp³-hybridized carbons (Fsp3) is 0.143. The topological polar surface area (TPSA) is 123 Å². The highest BCUT2D eigenvalue weighted by atomic mass is 32.2. The van der Waals surface area contributed by atoms with Crippen LogP contribution in [0.25, 0.3) is 11.0 Å². The molecule has 0 aliphatic carbocycles. The van der Waals surface area contributed by atoms with Gasteiger partial charge in [0, 0.05) is 6.54 Å². The van der Waals surface area contributed by atoms with Crippen molar-refractivity contribution in [3.05, 3.63) is 42.0 Å². The van der Waals surface area contributed by atoms with Gasteiger partial charge in [-0.1, -0.05) is 6.07 Å². The zero-order chi connectivity index (χ0) is 17.8. The average Bonchev–Trinajstić information content (AvgIpc) is 3.19. The first kappa shape index (κ1) is 16.4. The number of aromatic nitrogens is 2. The number of primary sulfonamides is 1. The number of nitrogens with two attached hydrogens (primary N) is 1. The molecule has 2 heterocycles. The zero-order valence-electron chi connectivity index (χ0n) is 12.7. The van der Waals surface area contributed by atoms with E-state index in [1.807, 2.05) is 0 Å². The van der Waals surface area contributed by atoms with Gasteiger partial charge in [-0.05, 0) is 42.3 Å². The molecule has 8 nitrogen and oxygen atoms in total. The maximum atomic E-state index is 13.1. The molecule has 0 bridgehead atoms. The summed E-state index contributed by atoms with van der Waals surface area (Å²) in [5.41, 5.74) is 1.93. The van der Waals surface area contributed by atoms with Gasteiger partial charge in [0.2, 0.25) is 10.0 Å². The Morgan fingerprint density at radius 3 is 2.64 bits per heavy atom. The lowest BCUT2D eigenvalue weighted by atomic mass is 10.2. The molecular weight excluding hydrogens is 384 g/mol. The Labute approximate surface area is 148 Å². The first-order valence-corrected chi connectivity index (χ1v) is 10.9. The molecule has 1 aromatic heterocycles. The number of hydrogen-bond donors (Lipinski definition) is 1. The van der Waals surface area contributed by atoms with E-state index in [1.54, 1.807) is 12.1 Å². The minimum atomic E-state index is -3.84. The third kappa shape index (κ3) is 2.59. The van der Waals surface area contributed by atoms with Gasteiger partial charge in [0.1, 0.15) is 15.9 Å². The van der Waals surface area contributed by atoms with Gasteiger partial charge in [-0.3, -0.25) is 4.31 Å². The van der Waals surface area contributed by atoms with Gasteiger partial charge in [-0.25, -0.2) is 22.0 Å². The van der Waals surface area contributed by atoms with E-state index in [4.69, 9.17) is 5.14 Å². The van der Waals surface area contributed by atoms with Crippen LogP contribution in [0.5, 0.6) is 0 Å². The Hall–Kier alpha value is -2.08. The monoisotopic (exact) mass is 396 g/mol. The maximum absolute atomic E-state index is 13.1. The Morgan fingerprint density at radius 1 is 1.08 bits per heavy atom. The second kappa shape index (κ2) is 5.46. The fourth-order valence-electron chi connectivity index (χ4n) is 2.88. The van der Waals surface area contributed by atoms with Gasteiger partial charge in [-0.2, -0.15) is 8.75 Å². The summed E-state index contributed by atoms with van der Waals surface area (Å²) in [6.45, 7) is 0.222. The van der Waals surface area contributed by atoms with Crippen LogP contribution in [-0.4, -0.2) is 32.1 Å². The van der Waals surface area contributed by atoms with Gasteiger partial charge >= 0.3 is 0 Å². The predicted octanol–water partition coefficient (Wildman–Crippen LogP) is 1.09. The SMILES string of the molecule is NS(=O)(=O)c1ccc2c(c1)CCN2S(=O)(=O)c1cccc2nsnc12. The summed E-state index contributed by atoms with van der Waals surface area (Å²) in [6, 6.07) is 9.03. The van der Waals surface area contributed by atoms with E-state index in [1.165, 1.54) is 28.6 Å². The van der Waals surface area contributed by atoms with Gasteiger partial charge in [0.05, 0.1) is 22.3 Å². The Morgan fingerprint density at radius 2 is 1.88 bits per heavy atom. The Kier molecular flexibility index (Phi) is 3.58. The van der Waals surface area contributed by atoms with Gasteiger partial charge < -0.3 is 0 Å². The van der Waals surface area contributed by atoms with Crippen LogP contribution in [-0.2, 0) is 26.5 Å². The molecule has 2 aromatic carbocycles. The van der Waals surface area contributed by atoms with Crippen LogP contribution < -0.4 is 9.44 Å². The highest BCUT2D eigenvalue weighted by molar-refractivity contribution is 7.93. The lowest BCUT2D eigenvalue weighted by Gasteiger charge is -2.19. The third-order valence-electron chi connectivity index (χ3n) is 4.05. The highest BCUT2D eigenvalue weighted by Crippen LogP contribution is 2.35. The average molecular weight is 396 g/mol. The molecule has 0 fully saturated rings. The molecule has 0 spiro atoms. The summed E-state index contributed by atoms with van der Waals surface area (Å²) in [5, 5.41) is 5.14. The van der Waals surface area contributed by atoms with Crippen molar-refractivity contribution >= 4 is 48.5 Å². The van der Waals surface area contributed by atoms with Crippen LogP contribution in [0.15, 0.2) is 46.2 Å². The Balaban J connectivity index is 1.84. The van der Waals surface area contributed by atoms with Crippen molar-refractivity contribution in [1.82, 2.24) is 8.75 Å². The van der Waals surface area contributed by atoms with Crippen molar-refractivity contribution in [2.24, 2.45) is 5.14 Å². The van der Waals surface area contributed by atoms with Crippen molar-refractivity contribution in [1.29, 1.82) is 0 Å². The molecule has 0 saturated heterocycles. The quantitative estimate of drug-likeness (QED) is 0.707. The van der Waals surface area contributed by atoms with E-state index in [2.05, 4.69) is 8.75 Å². The minimum absolute atomic E-state index is 0.0312. The number of anilines is 1. The van der Waals surface area contributed by atoms with Crippen molar-refractivity contribution in [3.63, 3.8) is 0 Å². The highest BCUT2D eigenvalue weighted by Gasteiger charge is 2.33. The predicted molar refractivity (Wildman–Crippen MR) is 93.5 cm³/mol. The summed E-state index contributed by atoms with van der Waals surface area (Å²) in [4.78, 5) is 0.0541. The number of hydrogen-bond acceptors (Lipinski definition) is 7. The van der Waals surface area contributed by atoms with Crippen LogP contribution in [0.2, 0.25) is 0 Å². The van der Waals surface area contributed by atoms with Crippen molar-refractivity contribution in [2.45, 2.75) is 16.2 Å². The first-order chi connectivity index (χ1) is 11.8. The molecule has 130 valence electrons. The summed E-state index contributed by atoms with van der Waals surface area (Å²) in [7, 11) is -7.68. The van der Waals surface area contributed by atoms with E-state index in [-0.39, 0.29) is 16.3 Å². The van der Waals surface area contributed by atoms with E-state index in [9.17, 15) is 16.8 Å². The molecule has 2 N–H and O–H groups in total. The van der Waals surface area contributed by atoms with E-state index in [0.29, 0.717) is 28.7 Å². The maximum Gasteiger partial charge on any atom is 0.266 e. The molecule has 0 saturated carbocycles. The van der Waals surface area contributed by atoms with Gasteiger partial charge in [-0.15, -0.1) is 0 Å². The number of sulfonamides is 2. The number of rotatable bonds is 3. The largest absolute Gasteiger partial charge is 0.266 e. The van der Waals surface area contributed by atoms with Crippen LogP contribution in [0, 0.1) is 0 Å². The lowest BCUT2D eigenvalue weighted by molar-refractivity contribution is 0.592.